The van der Waals surface area contributed by atoms with E-state index in [2.05, 4.69) is 31.3 Å². The van der Waals surface area contributed by atoms with E-state index in [1.807, 2.05) is 18.2 Å². The topological polar surface area (TPSA) is 112 Å². The van der Waals surface area contributed by atoms with Crippen molar-refractivity contribution in [3.63, 3.8) is 0 Å². The molecule has 7 nitrogen and oxygen atoms in total. The lowest BCUT2D eigenvalue weighted by Gasteiger charge is -2.06. The first kappa shape index (κ1) is 11.0. The van der Waals surface area contributed by atoms with Gasteiger partial charge in [0.25, 0.3) is 5.56 Å². The van der Waals surface area contributed by atoms with E-state index in [-0.39, 0.29) is 17.5 Å². The molecule has 1 aliphatic heterocycles. The maximum atomic E-state index is 11.8. The molecule has 3 aromatic rings. The minimum Gasteiger partial charge on any atom is -0.375 e. The standard InChI is InChI=1S/C13H12N6O/c14-13-18-11-9(12(20)19-13)16-10(17-11)8-5-6-3-1-2-4-7(6)15-8/h1-4,8,15H,5H2,(H4,14,16,17,18,19,20). The summed E-state index contributed by atoms with van der Waals surface area (Å²) in [5.41, 5.74) is 8.25. The van der Waals surface area contributed by atoms with E-state index < -0.39 is 0 Å². The summed E-state index contributed by atoms with van der Waals surface area (Å²) in [6, 6.07) is 8.12. The Morgan fingerprint density at radius 2 is 2.05 bits per heavy atom. The third-order valence-electron chi connectivity index (χ3n) is 3.50. The molecule has 0 spiro atoms. The van der Waals surface area contributed by atoms with Crippen LogP contribution in [0.15, 0.2) is 29.1 Å². The summed E-state index contributed by atoms with van der Waals surface area (Å²) < 4.78 is 0. The van der Waals surface area contributed by atoms with Gasteiger partial charge in [0, 0.05) is 12.1 Å². The van der Waals surface area contributed by atoms with E-state index in [0.29, 0.717) is 17.0 Å². The molecular formula is C13H12N6O. The number of benzene rings is 1. The molecule has 1 aliphatic rings. The highest BCUT2D eigenvalue weighted by Gasteiger charge is 2.24. The summed E-state index contributed by atoms with van der Waals surface area (Å²) in [5.74, 6) is 0.767. The maximum Gasteiger partial charge on any atom is 0.278 e. The van der Waals surface area contributed by atoms with Gasteiger partial charge in [-0.05, 0) is 11.6 Å². The number of fused-ring (bicyclic) bond motifs is 2. The van der Waals surface area contributed by atoms with Gasteiger partial charge in [0.2, 0.25) is 5.95 Å². The Labute approximate surface area is 113 Å². The number of imidazole rings is 1. The van der Waals surface area contributed by atoms with Crippen LogP contribution >= 0.6 is 0 Å². The Bertz CT molecular complexity index is 840. The second kappa shape index (κ2) is 3.83. The largest absolute Gasteiger partial charge is 0.375 e. The number of nitrogens with zero attached hydrogens (tertiary/aromatic N) is 2. The van der Waals surface area contributed by atoms with Crippen molar-refractivity contribution in [1.29, 1.82) is 0 Å². The van der Waals surface area contributed by atoms with Crippen LogP contribution in [0.1, 0.15) is 17.4 Å². The lowest BCUT2D eigenvalue weighted by atomic mass is 10.1. The molecule has 7 heteroatoms. The van der Waals surface area contributed by atoms with Crippen LogP contribution < -0.4 is 16.6 Å². The van der Waals surface area contributed by atoms with Gasteiger partial charge in [-0.1, -0.05) is 18.2 Å². The SMILES string of the molecule is Nc1nc2nc(C3Cc4ccccc4N3)[nH]c2c(=O)[nH]1. The molecule has 0 radical (unpaired) electrons. The Kier molecular flexibility index (Phi) is 2.11. The summed E-state index contributed by atoms with van der Waals surface area (Å²) in [6.07, 6.45) is 0.823. The molecule has 2 aromatic heterocycles. The molecule has 0 saturated carbocycles. The van der Waals surface area contributed by atoms with Crippen molar-refractivity contribution in [2.75, 3.05) is 11.1 Å². The van der Waals surface area contributed by atoms with E-state index >= 15 is 0 Å². The van der Waals surface area contributed by atoms with Crippen LogP contribution in [0.25, 0.3) is 11.2 Å². The quantitative estimate of drug-likeness (QED) is 0.524. The van der Waals surface area contributed by atoms with Gasteiger partial charge in [0.1, 0.15) is 5.82 Å². The zero-order valence-corrected chi connectivity index (χ0v) is 10.5. The number of anilines is 2. The third kappa shape index (κ3) is 1.56. The summed E-state index contributed by atoms with van der Waals surface area (Å²) in [7, 11) is 0. The molecule has 4 rings (SSSR count). The molecule has 0 saturated heterocycles. The molecule has 100 valence electrons. The molecule has 0 amide bonds. The number of nitrogen functional groups attached to an aromatic ring is 1. The summed E-state index contributed by atoms with van der Waals surface area (Å²) in [5, 5.41) is 3.38. The van der Waals surface area contributed by atoms with Crippen molar-refractivity contribution in [3.8, 4) is 0 Å². The highest BCUT2D eigenvalue weighted by atomic mass is 16.1. The number of hydrogen-bond donors (Lipinski definition) is 4. The number of nitrogens with one attached hydrogen (secondary N) is 3. The van der Waals surface area contributed by atoms with Crippen molar-refractivity contribution in [2.24, 2.45) is 0 Å². The van der Waals surface area contributed by atoms with E-state index in [9.17, 15) is 4.79 Å². The van der Waals surface area contributed by atoms with Gasteiger partial charge >= 0.3 is 0 Å². The molecule has 1 atom stereocenters. The highest BCUT2D eigenvalue weighted by Crippen LogP contribution is 2.32. The lowest BCUT2D eigenvalue weighted by molar-refractivity contribution is 0.767. The zero-order chi connectivity index (χ0) is 13.7. The van der Waals surface area contributed by atoms with Crippen molar-refractivity contribution in [3.05, 3.63) is 46.0 Å². The summed E-state index contributed by atoms with van der Waals surface area (Å²) >= 11 is 0. The van der Waals surface area contributed by atoms with E-state index in [0.717, 1.165) is 12.1 Å². The number of hydrogen-bond acceptors (Lipinski definition) is 5. The van der Waals surface area contributed by atoms with E-state index in [4.69, 9.17) is 5.73 Å². The highest BCUT2D eigenvalue weighted by molar-refractivity contribution is 5.71. The molecule has 0 aliphatic carbocycles. The Morgan fingerprint density at radius 1 is 1.20 bits per heavy atom. The molecule has 1 unspecified atom stereocenters. The Hall–Kier alpha value is -2.83. The fourth-order valence-corrected chi connectivity index (χ4v) is 2.57. The molecule has 0 fully saturated rings. The maximum absolute atomic E-state index is 11.8. The minimum absolute atomic E-state index is 0.0159. The lowest BCUT2D eigenvalue weighted by Crippen LogP contribution is -2.11. The minimum atomic E-state index is -0.304. The molecule has 0 bridgehead atoms. The molecule has 3 heterocycles. The second-order valence-corrected chi connectivity index (χ2v) is 4.83. The number of rotatable bonds is 1. The van der Waals surface area contributed by atoms with Gasteiger partial charge in [-0.15, -0.1) is 0 Å². The van der Waals surface area contributed by atoms with E-state index in [1.165, 1.54) is 5.56 Å². The van der Waals surface area contributed by atoms with Gasteiger partial charge < -0.3 is 16.0 Å². The van der Waals surface area contributed by atoms with Crippen LogP contribution in [0.2, 0.25) is 0 Å². The predicted octanol–water partition coefficient (Wildman–Crippen LogP) is 0.938. The van der Waals surface area contributed by atoms with Crippen molar-refractivity contribution in [2.45, 2.75) is 12.5 Å². The summed E-state index contributed by atoms with van der Waals surface area (Å²) in [6.45, 7) is 0. The van der Waals surface area contributed by atoms with Crippen molar-refractivity contribution < 1.29 is 0 Å². The smallest absolute Gasteiger partial charge is 0.278 e. The second-order valence-electron chi connectivity index (χ2n) is 4.83. The average molecular weight is 268 g/mol. The number of aromatic amines is 2. The number of aromatic nitrogens is 4. The number of nitrogens with two attached hydrogens (primary N) is 1. The zero-order valence-electron chi connectivity index (χ0n) is 10.5. The Balaban J connectivity index is 1.78. The van der Waals surface area contributed by atoms with Gasteiger partial charge in [-0.25, -0.2) is 4.98 Å². The fourth-order valence-electron chi connectivity index (χ4n) is 2.57. The van der Waals surface area contributed by atoms with Crippen LogP contribution in [-0.2, 0) is 6.42 Å². The first-order valence-electron chi connectivity index (χ1n) is 6.30. The van der Waals surface area contributed by atoms with Gasteiger partial charge in [-0.3, -0.25) is 9.78 Å². The van der Waals surface area contributed by atoms with Gasteiger partial charge in [-0.2, -0.15) is 4.98 Å². The number of H-pyrrole nitrogens is 2. The van der Waals surface area contributed by atoms with Gasteiger partial charge in [0.05, 0.1) is 6.04 Å². The van der Waals surface area contributed by atoms with Crippen molar-refractivity contribution in [1.82, 2.24) is 19.9 Å². The Morgan fingerprint density at radius 3 is 2.90 bits per heavy atom. The summed E-state index contributed by atoms with van der Waals surface area (Å²) in [4.78, 5) is 25.7. The third-order valence-corrected chi connectivity index (χ3v) is 3.50. The molecular weight excluding hydrogens is 256 g/mol. The van der Waals surface area contributed by atoms with E-state index in [1.54, 1.807) is 0 Å². The van der Waals surface area contributed by atoms with Crippen LogP contribution in [-0.4, -0.2) is 19.9 Å². The molecule has 5 N–H and O–H groups in total. The predicted molar refractivity (Wildman–Crippen MR) is 75.4 cm³/mol. The average Bonchev–Trinajstić information content (AvgIpc) is 3.01. The van der Waals surface area contributed by atoms with Crippen LogP contribution in [0.5, 0.6) is 0 Å². The molecule has 1 aromatic carbocycles. The van der Waals surface area contributed by atoms with Crippen LogP contribution in [0.4, 0.5) is 11.6 Å². The van der Waals surface area contributed by atoms with Gasteiger partial charge in [0.15, 0.2) is 11.2 Å². The van der Waals surface area contributed by atoms with Crippen molar-refractivity contribution >= 4 is 22.8 Å². The first-order chi connectivity index (χ1) is 9.70. The normalized spacial score (nSPS) is 17.1. The monoisotopic (exact) mass is 268 g/mol. The first-order valence-corrected chi connectivity index (χ1v) is 6.30. The van der Waals surface area contributed by atoms with Crippen LogP contribution in [0, 0.1) is 0 Å². The molecule has 20 heavy (non-hydrogen) atoms. The number of para-hydroxylation sites is 1. The fraction of sp³-hybridized carbons (Fsp3) is 0.154. The van der Waals surface area contributed by atoms with Crippen LogP contribution in [0.3, 0.4) is 0 Å².